The van der Waals surface area contributed by atoms with E-state index in [0.29, 0.717) is 5.92 Å². The molecular weight excluding hydrogens is 212 g/mol. The molecular formula is C15H19O2. The Labute approximate surface area is 103 Å². The van der Waals surface area contributed by atoms with Crippen molar-refractivity contribution in [1.29, 1.82) is 0 Å². The molecule has 0 aromatic heterocycles. The Balaban J connectivity index is 2.05. The molecule has 0 aliphatic heterocycles. The van der Waals surface area contributed by atoms with Gasteiger partial charge in [0.25, 0.3) is 0 Å². The van der Waals surface area contributed by atoms with Crippen LogP contribution in [-0.2, 0) is 4.79 Å². The van der Waals surface area contributed by atoms with Crippen molar-refractivity contribution in [3.8, 4) is 0 Å². The Morgan fingerprint density at radius 2 is 2.18 bits per heavy atom. The maximum absolute atomic E-state index is 11.4. The number of rotatable bonds is 4. The van der Waals surface area contributed by atoms with Crippen LogP contribution in [-0.4, -0.2) is 11.1 Å². The van der Waals surface area contributed by atoms with Gasteiger partial charge in [-0.3, -0.25) is 4.79 Å². The molecule has 2 rings (SSSR count). The Morgan fingerprint density at radius 1 is 1.41 bits per heavy atom. The van der Waals surface area contributed by atoms with E-state index in [0.717, 1.165) is 12.0 Å². The number of aliphatic carboxylic acids is 1. The van der Waals surface area contributed by atoms with E-state index in [1.165, 1.54) is 32.1 Å². The van der Waals surface area contributed by atoms with E-state index in [1.54, 1.807) is 0 Å². The van der Waals surface area contributed by atoms with Crippen LogP contribution in [0.4, 0.5) is 0 Å². The predicted molar refractivity (Wildman–Crippen MR) is 66.8 cm³/mol. The topological polar surface area (TPSA) is 37.3 Å². The van der Waals surface area contributed by atoms with Crippen LogP contribution in [0.3, 0.4) is 0 Å². The summed E-state index contributed by atoms with van der Waals surface area (Å²) >= 11 is 0. The van der Waals surface area contributed by atoms with Crippen molar-refractivity contribution in [1.82, 2.24) is 0 Å². The van der Waals surface area contributed by atoms with Gasteiger partial charge in [0.2, 0.25) is 0 Å². The second-order valence-electron chi connectivity index (χ2n) is 4.97. The van der Waals surface area contributed by atoms with E-state index in [1.807, 2.05) is 24.3 Å². The summed E-state index contributed by atoms with van der Waals surface area (Å²) in [7, 11) is 0. The Hall–Kier alpha value is -1.31. The summed E-state index contributed by atoms with van der Waals surface area (Å²) in [5.74, 6) is -0.462. The van der Waals surface area contributed by atoms with Crippen LogP contribution in [0.15, 0.2) is 24.3 Å². The summed E-state index contributed by atoms with van der Waals surface area (Å²) in [6.07, 6.45) is 7.01. The highest BCUT2D eigenvalue weighted by atomic mass is 16.4. The molecule has 1 aliphatic carbocycles. The van der Waals surface area contributed by atoms with Crippen molar-refractivity contribution in [2.24, 2.45) is 5.92 Å². The van der Waals surface area contributed by atoms with Crippen molar-refractivity contribution < 1.29 is 9.90 Å². The average molecular weight is 231 g/mol. The second-order valence-corrected chi connectivity index (χ2v) is 4.97. The van der Waals surface area contributed by atoms with E-state index in [4.69, 9.17) is 0 Å². The summed E-state index contributed by atoms with van der Waals surface area (Å²) in [5, 5.41) is 9.34. The molecule has 0 spiro atoms. The highest BCUT2D eigenvalue weighted by Gasteiger charge is 2.25. The van der Waals surface area contributed by atoms with E-state index < -0.39 is 5.97 Å². The normalized spacial score (nSPS) is 18.8. The lowest BCUT2D eigenvalue weighted by Crippen LogP contribution is -2.17. The summed E-state index contributed by atoms with van der Waals surface area (Å²) < 4.78 is 0. The van der Waals surface area contributed by atoms with Crippen molar-refractivity contribution in [2.45, 2.75) is 44.4 Å². The zero-order valence-corrected chi connectivity index (χ0v) is 10.1. The number of carboxylic acids is 1. The monoisotopic (exact) mass is 231 g/mol. The first-order chi connectivity index (χ1) is 8.27. The van der Waals surface area contributed by atoms with E-state index in [-0.39, 0.29) is 5.92 Å². The SMILES string of the molecule is O=C(O)C(CC1CCCCC1)c1c[c]ccc1. The molecule has 1 atom stereocenters. The molecule has 0 amide bonds. The molecule has 1 fully saturated rings. The molecule has 2 nitrogen and oxygen atoms in total. The lowest BCUT2D eigenvalue weighted by atomic mass is 9.80. The standard InChI is InChI=1S/C15H19O2/c16-15(17)14(13-9-5-2-6-10-13)11-12-7-3-1-4-8-12/h2,5,9-10,12,14H,1,3-4,7-8,11H2,(H,16,17). The predicted octanol–water partition coefficient (Wildman–Crippen LogP) is 3.63. The molecule has 0 heterocycles. The highest BCUT2D eigenvalue weighted by molar-refractivity contribution is 5.76. The van der Waals surface area contributed by atoms with Crippen LogP contribution in [0, 0.1) is 12.0 Å². The van der Waals surface area contributed by atoms with Gasteiger partial charge in [-0.15, -0.1) is 0 Å². The molecule has 1 unspecified atom stereocenters. The van der Waals surface area contributed by atoms with Gasteiger partial charge in [-0.05, 0) is 24.0 Å². The second kappa shape index (κ2) is 5.85. The van der Waals surface area contributed by atoms with Crippen molar-refractivity contribution in [3.63, 3.8) is 0 Å². The molecule has 1 radical (unpaired) electrons. The number of carboxylic acid groups (broad SMARTS) is 1. The molecule has 0 saturated heterocycles. The molecule has 1 N–H and O–H groups in total. The van der Waals surface area contributed by atoms with E-state index in [2.05, 4.69) is 6.07 Å². The fourth-order valence-electron chi connectivity index (χ4n) is 2.76. The molecule has 0 bridgehead atoms. The molecule has 1 aliphatic rings. The Kier molecular flexibility index (Phi) is 4.18. The van der Waals surface area contributed by atoms with Crippen molar-refractivity contribution >= 4 is 5.97 Å². The number of benzene rings is 1. The minimum Gasteiger partial charge on any atom is -0.481 e. The molecule has 17 heavy (non-hydrogen) atoms. The van der Waals surface area contributed by atoms with Gasteiger partial charge in [0.15, 0.2) is 0 Å². The van der Waals surface area contributed by atoms with Gasteiger partial charge in [-0.2, -0.15) is 0 Å². The van der Waals surface area contributed by atoms with Crippen LogP contribution in [0.2, 0.25) is 0 Å². The molecule has 1 aromatic carbocycles. The lowest BCUT2D eigenvalue weighted by Gasteiger charge is -2.24. The van der Waals surface area contributed by atoms with Gasteiger partial charge in [-0.1, -0.05) is 56.4 Å². The van der Waals surface area contributed by atoms with Crippen molar-refractivity contribution in [2.75, 3.05) is 0 Å². The van der Waals surface area contributed by atoms with Crippen LogP contribution < -0.4 is 0 Å². The molecule has 2 heteroatoms. The van der Waals surface area contributed by atoms with Crippen LogP contribution in [0.5, 0.6) is 0 Å². The summed E-state index contributed by atoms with van der Waals surface area (Å²) in [6.45, 7) is 0. The highest BCUT2D eigenvalue weighted by Crippen LogP contribution is 2.33. The van der Waals surface area contributed by atoms with Gasteiger partial charge in [-0.25, -0.2) is 0 Å². The van der Waals surface area contributed by atoms with Gasteiger partial charge in [0.05, 0.1) is 5.92 Å². The maximum atomic E-state index is 11.4. The number of hydrogen-bond acceptors (Lipinski definition) is 1. The minimum atomic E-state index is -0.699. The zero-order chi connectivity index (χ0) is 12.1. The zero-order valence-electron chi connectivity index (χ0n) is 10.1. The first-order valence-electron chi connectivity index (χ1n) is 6.46. The van der Waals surface area contributed by atoms with Gasteiger partial charge in [0.1, 0.15) is 0 Å². The molecule has 91 valence electrons. The van der Waals surface area contributed by atoms with E-state index in [9.17, 15) is 9.90 Å². The average Bonchev–Trinajstić information content (AvgIpc) is 2.38. The maximum Gasteiger partial charge on any atom is 0.310 e. The van der Waals surface area contributed by atoms with E-state index >= 15 is 0 Å². The van der Waals surface area contributed by atoms with Crippen LogP contribution >= 0.6 is 0 Å². The first kappa shape index (κ1) is 12.2. The smallest absolute Gasteiger partial charge is 0.310 e. The van der Waals surface area contributed by atoms with Crippen molar-refractivity contribution in [3.05, 3.63) is 35.9 Å². The lowest BCUT2D eigenvalue weighted by molar-refractivity contribution is -0.139. The first-order valence-corrected chi connectivity index (χ1v) is 6.46. The quantitative estimate of drug-likeness (QED) is 0.859. The third kappa shape index (κ3) is 3.32. The molecule has 1 aromatic rings. The van der Waals surface area contributed by atoms with Gasteiger partial charge >= 0.3 is 5.97 Å². The van der Waals surface area contributed by atoms with Gasteiger partial charge in [0, 0.05) is 0 Å². The van der Waals surface area contributed by atoms with Crippen LogP contribution in [0.1, 0.15) is 50.0 Å². The summed E-state index contributed by atoms with van der Waals surface area (Å²) in [6, 6.07) is 10.4. The fraction of sp³-hybridized carbons (Fsp3) is 0.533. The van der Waals surface area contributed by atoms with Crippen LogP contribution in [0.25, 0.3) is 0 Å². The fourth-order valence-corrected chi connectivity index (χ4v) is 2.76. The Morgan fingerprint density at radius 3 is 2.76 bits per heavy atom. The summed E-state index contributed by atoms with van der Waals surface area (Å²) in [5.41, 5.74) is 0.894. The Bertz CT molecular complexity index is 352. The number of carbonyl (C=O) groups is 1. The summed E-state index contributed by atoms with van der Waals surface area (Å²) in [4.78, 5) is 11.4. The molecule has 1 saturated carbocycles. The van der Waals surface area contributed by atoms with Gasteiger partial charge < -0.3 is 5.11 Å². The third-order valence-corrected chi connectivity index (χ3v) is 3.73. The minimum absolute atomic E-state index is 0.351. The third-order valence-electron chi connectivity index (χ3n) is 3.73. The largest absolute Gasteiger partial charge is 0.481 e. The number of hydrogen-bond donors (Lipinski definition) is 1.